The number of aromatic nitrogens is 3. The third-order valence-electron chi connectivity index (χ3n) is 5.67. The molecule has 3 aromatic rings. The topological polar surface area (TPSA) is 54.7 Å². The highest BCUT2D eigenvalue weighted by atomic mass is 19.1. The van der Waals surface area contributed by atoms with Gasteiger partial charge in [-0.3, -0.25) is 0 Å². The van der Waals surface area contributed by atoms with E-state index in [-0.39, 0.29) is 5.82 Å². The minimum absolute atomic E-state index is 0.260. The zero-order valence-electron chi connectivity index (χ0n) is 16.0. The average molecular weight is 381 g/mol. The van der Waals surface area contributed by atoms with E-state index in [0.29, 0.717) is 23.8 Å². The fraction of sp³-hybridized carbons (Fsp3) is 0.429. The fourth-order valence-corrected chi connectivity index (χ4v) is 4.13. The Labute approximate surface area is 163 Å². The summed E-state index contributed by atoms with van der Waals surface area (Å²) in [6, 6.07) is 7.24. The second kappa shape index (κ2) is 7.05. The van der Waals surface area contributed by atoms with Gasteiger partial charge in [-0.1, -0.05) is 12.1 Å². The highest BCUT2D eigenvalue weighted by Crippen LogP contribution is 2.32. The number of hydrogen-bond donors (Lipinski definition) is 1. The van der Waals surface area contributed by atoms with Gasteiger partial charge in [-0.15, -0.1) is 0 Å². The van der Waals surface area contributed by atoms with Crippen LogP contribution in [-0.2, 0) is 12.8 Å². The zero-order chi connectivity index (χ0) is 19.1. The summed E-state index contributed by atoms with van der Waals surface area (Å²) in [5.74, 6) is 1.62. The first-order valence-corrected chi connectivity index (χ1v) is 9.90. The molecule has 0 saturated carbocycles. The molecule has 1 aromatic carbocycles. The van der Waals surface area contributed by atoms with Crippen LogP contribution in [-0.4, -0.2) is 47.4 Å². The van der Waals surface area contributed by atoms with E-state index in [0.717, 1.165) is 50.5 Å². The van der Waals surface area contributed by atoms with Gasteiger partial charge in [-0.25, -0.2) is 9.37 Å². The molecule has 0 amide bonds. The van der Waals surface area contributed by atoms with Crippen LogP contribution in [0.2, 0.25) is 0 Å². The van der Waals surface area contributed by atoms with E-state index in [9.17, 15) is 4.39 Å². The minimum atomic E-state index is -0.260. The lowest BCUT2D eigenvalue weighted by Crippen LogP contribution is -2.50. The summed E-state index contributed by atoms with van der Waals surface area (Å²) in [6.45, 7) is 5.96. The Kier molecular flexibility index (Phi) is 4.39. The Hall–Kier alpha value is -2.67. The Morgan fingerprint density at radius 2 is 2.07 bits per heavy atom. The molecule has 1 N–H and O–H groups in total. The Morgan fingerprint density at radius 3 is 2.96 bits per heavy atom. The van der Waals surface area contributed by atoms with Crippen LogP contribution in [0.15, 0.2) is 30.5 Å². The van der Waals surface area contributed by atoms with Crippen molar-refractivity contribution in [3.63, 3.8) is 0 Å². The summed E-state index contributed by atoms with van der Waals surface area (Å²) in [5, 5.41) is 7.97. The molecule has 2 aromatic heterocycles. The van der Waals surface area contributed by atoms with Crippen LogP contribution in [0.1, 0.15) is 16.8 Å². The van der Waals surface area contributed by atoms with Crippen LogP contribution in [0, 0.1) is 18.7 Å². The first-order valence-electron chi connectivity index (χ1n) is 9.90. The van der Waals surface area contributed by atoms with Crippen molar-refractivity contribution in [3.05, 3.63) is 53.1 Å². The number of fused-ring (bicyclic) bond motifs is 2. The Morgan fingerprint density at radius 1 is 1.21 bits per heavy atom. The molecule has 0 spiro atoms. The summed E-state index contributed by atoms with van der Waals surface area (Å²) in [5.41, 5.74) is 3.99. The van der Waals surface area contributed by atoms with Crippen molar-refractivity contribution in [2.24, 2.45) is 5.92 Å². The summed E-state index contributed by atoms with van der Waals surface area (Å²) >= 11 is 0. The monoisotopic (exact) mass is 381 g/mol. The highest BCUT2D eigenvalue weighted by molar-refractivity contribution is 5.59. The molecule has 1 saturated heterocycles. The maximum absolute atomic E-state index is 14.1. The van der Waals surface area contributed by atoms with Gasteiger partial charge < -0.3 is 15.0 Å². The van der Waals surface area contributed by atoms with Gasteiger partial charge in [0.15, 0.2) is 17.2 Å². The molecule has 0 bridgehead atoms. The number of aryl methyl sites for hydroxylation is 1. The van der Waals surface area contributed by atoms with Gasteiger partial charge in [0, 0.05) is 43.6 Å². The molecule has 0 unspecified atom stereocenters. The number of halogens is 1. The van der Waals surface area contributed by atoms with E-state index < -0.39 is 0 Å². The lowest BCUT2D eigenvalue weighted by atomic mass is 9.99. The van der Waals surface area contributed by atoms with Crippen molar-refractivity contribution in [2.45, 2.75) is 19.8 Å². The summed E-state index contributed by atoms with van der Waals surface area (Å²) < 4.78 is 21.8. The molecule has 2 aliphatic rings. The molecule has 146 valence electrons. The predicted octanol–water partition coefficient (Wildman–Crippen LogP) is 2.38. The Balaban J connectivity index is 1.33. The SMILES string of the molecule is Cc1cccc(OCC2CN(c3c4c(nc5ccnn35)CCNCC4)C2)c1F. The van der Waals surface area contributed by atoms with Gasteiger partial charge in [0.25, 0.3) is 0 Å². The smallest absolute Gasteiger partial charge is 0.167 e. The molecule has 0 atom stereocenters. The van der Waals surface area contributed by atoms with Crippen LogP contribution >= 0.6 is 0 Å². The average Bonchev–Trinajstić information content (AvgIpc) is 2.99. The summed E-state index contributed by atoms with van der Waals surface area (Å²) in [4.78, 5) is 7.17. The predicted molar refractivity (Wildman–Crippen MR) is 106 cm³/mol. The number of anilines is 1. The van der Waals surface area contributed by atoms with Crippen LogP contribution in [0.3, 0.4) is 0 Å². The zero-order valence-corrected chi connectivity index (χ0v) is 16.0. The normalized spacial score (nSPS) is 17.3. The van der Waals surface area contributed by atoms with Crippen molar-refractivity contribution < 1.29 is 9.13 Å². The Bertz CT molecular complexity index is 1010. The number of ether oxygens (including phenoxy) is 1. The summed E-state index contributed by atoms with van der Waals surface area (Å²) in [6.07, 6.45) is 3.71. The second-order valence-corrected chi connectivity index (χ2v) is 7.68. The molecule has 6 nitrogen and oxygen atoms in total. The van der Waals surface area contributed by atoms with Crippen LogP contribution < -0.4 is 15.0 Å². The second-order valence-electron chi connectivity index (χ2n) is 7.68. The number of nitrogens with zero attached hydrogens (tertiary/aromatic N) is 4. The number of benzene rings is 1. The van der Waals surface area contributed by atoms with Gasteiger partial charge in [0.2, 0.25) is 0 Å². The van der Waals surface area contributed by atoms with Gasteiger partial charge >= 0.3 is 0 Å². The van der Waals surface area contributed by atoms with E-state index >= 15 is 0 Å². The molecule has 4 heterocycles. The van der Waals surface area contributed by atoms with Crippen LogP contribution in [0.4, 0.5) is 10.2 Å². The summed E-state index contributed by atoms with van der Waals surface area (Å²) in [7, 11) is 0. The quantitative estimate of drug-likeness (QED) is 0.752. The lowest BCUT2D eigenvalue weighted by molar-refractivity contribution is 0.212. The van der Waals surface area contributed by atoms with E-state index in [1.165, 1.54) is 11.3 Å². The number of rotatable bonds is 4. The molecule has 1 fully saturated rings. The maximum Gasteiger partial charge on any atom is 0.167 e. The lowest BCUT2D eigenvalue weighted by Gasteiger charge is -2.41. The molecule has 0 aliphatic carbocycles. The van der Waals surface area contributed by atoms with Crippen molar-refractivity contribution in [2.75, 3.05) is 37.7 Å². The highest BCUT2D eigenvalue weighted by Gasteiger charge is 2.32. The van der Waals surface area contributed by atoms with Crippen LogP contribution in [0.25, 0.3) is 5.65 Å². The number of hydrogen-bond acceptors (Lipinski definition) is 5. The minimum Gasteiger partial charge on any atom is -0.490 e. The third-order valence-corrected chi connectivity index (χ3v) is 5.67. The standard InChI is InChI=1S/C21H24FN5O/c1-14-3-2-4-18(20(14)22)28-13-15-11-26(12-15)21-16-5-8-23-9-6-17(16)25-19-7-10-24-27(19)21/h2-4,7,10,15,23H,5-6,8-9,11-13H2,1H3. The largest absolute Gasteiger partial charge is 0.490 e. The van der Waals surface area contributed by atoms with E-state index in [1.807, 2.05) is 22.8 Å². The number of nitrogens with one attached hydrogen (secondary N) is 1. The van der Waals surface area contributed by atoms with Crippen molar-refractivity contribution >= 4 is 11.5 Å². The first-order chi connectivity index (χ1) is 13.7. The molecule has 28 heavy (non-hydrogen) atoms. The molecule has 7 heteroatoms. The van der Waals surface area contributed by atoms with Gasteiger partial charge in [0.1, 0.15) is 5.82 Å². The first kappa shape index (κ1) is 17.4. The molecular formula is C21H24FN5O. The molecule has 0 radical (unpaired) electrons. The molecule has 5 rings (SSSR count). The van der Waals surface area contributed by atoms with E-state index in [1.54, 1.807) is 19.1 Å². The fourth-order valence-electron chi connectivity index (χ4n) is 4.13. The van der Waals surface area contributed by atoms with E-state index in [4.69, 9.17) is 9.72 Å². The maximum atomic E-state index is 14.1. The molecule has 2 aliphatic heterocycles. The van der Waals surface area contributed by atoms with E-state index in [2.05, 4.69) is 15.3 Å². The van der Waals surface area contributed by atoms with Crippen LogP contribution in [0.5, 0.6) is 5.75 Å². The third kappa shape index (κ3) is 2.99. The van der Waals surface area contributed by atoms with Crippen molar-refractivity contribution in [1.29, 1.82) is 0 Å². The molecular weight excluding hydrogens is 357 g/mol. The van der Waals surface area contributed by atoms with Gasteiger partial charge in [-0.2, -0.15) is 9.61 Å². The van der Waals surface area contributed by atoms with Crippen molar-refractivity contribution in [3.8, 4) is 5.75 Å². The van der Waals surface area contributed by atoms with Gasteiger partial charge in [-0.05, 0) is 31.5 Å². The van der Waals surface area contributed by atoms with Gasteiger partial charge in [0.05, 0.1) is 18.5 Å². The van der Waals surface area contributed by atoms with Crippen molar-refractivity contribution in [1.82, 2.24) is 19.9 Å².